The molecular weight excluding hydrogens is 459 g/mol. The Labute approximate surface area is 194 Å². The van der Waals surface area contributed by atoms with Crippen molar-refractivity contribution in [1.82, 2.24) is 4.57 Å². The molecular formula is C22H22Cl2N2O4S. The second-order valence-corrected chi connectivity index (χ2v) is 8.63. The van der Waals surface area contributed by atoms with E-state index in [9.17, 15) is 9.59 Å². The summed E-state index contributed by atoms with van der Waals surface area (Å²) in [6.07, 6.45) is 3.24. The summed E-state index contributed by atoms with van der Waals surface area (Å²) in [4.78, 5) is 29.3. The summed E-state index contributed by atoms with van der Waals surface area (Å²) in [5.74, 6) is -0.217. The Morgan fingerprint density at radius 1 is 1.13 bits per heavy atom. The van der Waals surface area contributed by atoms with Crippen LogP contribution in [0.25, 0.3) is 10.2 Å². The highest BCUT2D eigenvalue weighted by atomic mass is 35.5. The first-order valence-corrected chi connectivity index (χ1v) is 11.4. The van der Waals surface area contributed by atoms with Gasteiger partial charge in [0.05, 0.1) is 29.0 Å². The number of benzene rings is 2. The number of halogens is 2. The molecule has 1 aromatic heterocycles. The highest BCUT2D eigenvalue weighted by Gasteiger charge is 2.16. The quantitative estimate of drug-likeness (QED) is 0.315. The van der Waals surface area contributed by atoms with Crippen LogP contribution in [0.2, 0.25) is 10.0 Å². The van der Waals surface area contributed by atoms with E-state index in [0.29, 0.717) is 43.0 Å². The number of hydrogen-bond donors (Lipinski definition) is 0. The molecule has 31 heavy (non-hydrogen) atoms. The first-order valence-electron chi connectivity index (χ1n) is 9.80. The van der Waals surface area contributed by atoms with Gasteiger partial charge >= 0.3 is 5.97 Å². The minimum absolute atomic E-state index is 0.130. The van der Waals surface area contributed by atoms with Crippen LogP contribution in [-0.4, -0.2) is 30.2 Å². The Balaban J connectivity index is 1.92. The highest BCUT2D eigenvalue weighted by molar-refractivity contribution is 7.16. The summed E-state index contributed by atoms with van der Waals surface area (Å²) in [5.41, 5.74) is 0.982. The molecule has 0 aliphatic heterocycles. The van der Waals surface area contributed by atoms with Crippen LogP contribution in [0.3, 0.4) is 0 Å². The number of esters is 1. The van der Waals surface area contributed by atoms with Crippen molar-refractivity contribution in [1.29, 1.82) is 0 Å². The first kappa shape index (κ1) is 23.3. The van der Waals surface area contributed by atoms with Crippen LogP contribution in [0.15, 0.2) is 41.4 Å². The van der Waals surface area contributed by atoms with E-state index >= 15 is 0 Å². The van der Waals surface area contributed by atoms with Gasteiger partial charge in [0.1, 0.15) is 12.3 Å². The Morgan fingerprint density at radius 3 is 2.55 bits per heavy atom. The molecule has 0 N–H and O–H groups in total. The van der Waals surface area contributed by atoms with Crippen molar-refractivity contribution in [2.75, 3.05) is 13.7 Å². The number of nitrogens with zero attached hydrogens (tertiary/aromatic N) is 2. The largest absolute Gasteiger partial charge is 0.494 e. The molecule has 9 heteroatoms. The van der Waals surface area contributed by atoms with E-state index in [2.05, 4.69) is 11.9 Å². The van der Waals surface area contributed by atoms with Gasteiger partial charge in [-0.3, -0.25) is 9.59 Å². The summed E-state index contributed by atoms with van der Waals surface area (Å²) >= 11 is 13.7. The number of ether oxygens (including phenoxy) is 2. The van der Waals surface area contributed by atoms with E-state index in [4.69, 9.17) is 32.7 Å². The van der Waals surface area contributed by atoms with Gasteiger partial charge < -0.3 is 14.0 Å². The third-order valence-electron chi connectivity index (χ3n) is 4.53. The first-order chi connectivity index (χ1) is 14.9. The zero-order valence-electron chi connectivity index (χ0n) is 17.2. The van der Waals surface area contributed by atoms with E-state index in [1.807, 2.05) is 0 Å². The van der Waals surface area contributed by atoms with Gasteiger partial charge in [-0.25, -0.2) is 0 Å². The number of carbonyl (C=O) groups excluding carboxylic acids is 2. The van der Waals surface area contributed by atoms with Gasteiger partial charge in [0.25, 0.3) is 5.91 Å². The number of amides is 1. The third-order valence-corrected chi connectivity index (χ3v) is 6.06. The second-order valence-electron chi connectivity index (χ2n) is 6.78. The number of hydrogen-bond acceptors (Lipinski definition) is 5. The van der Waals surface area contributed by atoms with E-state index < -0.39 is 11.9 Å². The summed E-state index contributed by atoms with van der Waals surface area (Å²) in [5, 5.41) is 0.817. The smallest absolute Gasteiger partial charge is 0.325 e. The second kappa shape index (κ2) is 10.8. The summed E-state index contributed by atoms with van der Waals surface area (Å²) in [6.45, 7) is 2.65. The van der Waals surface area contributed by atoms with E-state index in [1.54, 1.807) is 41.0 Å². The van der Waals surface area contributed by atoms with Crippen molar-refractivity contribution >= 4 is 56.6 Å². The molecule has 1 amide bonds. The molecule has 3 aromatic rings. The fourth-order valence-electron chi connectivity index (χ4n) is 2.94. The van der Waals surface area contributed by atoms with Gasteiger partial charge in [-0.1, -0.05) is 54.3 Å². The number of carbonyl (C=O) groups is 2. The van der Waals surface area contributed by atoms with Crippen molar-refractivity contribution in [2.45, 2.75) is 32.7 Å². The zero-order valence-corrected chi connectivity index (χ0v) is 19.5. The molecule has 0 fully saturated rings. The van der Waals surface area contributed by atoms with Crippen LogP contribution in [0.5, 0.6) is 5.75 Å². The van der Waals surface area contributed by atoms with Gasteiger partial charge in [0.15, 0.2) is 4.80 Å². The van der Waals surface area contributed by atoms with Crippen molar-refractivity contribution < 1.29 is 19.1 Å². The highest BCUT2D eigenvalue weighted by Crippen LogP contribution is 2.29. The fraction of sp³-hybridized carbons (Fsp3) is 0.318. The van der Waals surface area contributed by atoms with Gasteiger partial charge in [-0.05, 0) is 42.8 Å². The normalized spacial score (nSPS) is 11.7. The molecule has 0 saturated heterocycles. The molecule has 164 valence electrons. The van der Waals surface area contributed by atoms with Gasteiger partial charge in [0, 0.05) is 10.6 Å². The summed E-state index contributed by atoms with van der Waals surface area (Å²) in [6, 6.07) is 10.1. The topological polar surface area (TPSA) is 69.9 Å². The average molecular weight is 481 g/mol. The number of rotatable bonds is 8. The van der Waals surface area contributed by atoms with Gasteiger partial charge in [-0.2, -0.15) is 4.99 Å². The fourth-order valence-corrected chi connectivity index (χ4v) is 4.75. The molecule has 0 saturated carbocycles. The van der Waals surface area contributed by atoms with Crippen molar-refractivity contribution in [3.05, 3.63) is 56.8 Å². The maximum absolute atomic E-state index is 12.8. The average Bonchev–Trinajstić information content (AvgIpc) is 3.08. The van der Waals surface area contributed by atoms with Crippen molar-refractivity contribution in [3.63, 3.8) is 0 Å². The van der Waals surface area contributed by atoms with Crippen LogP contribution in [0, 0.1) is 0 Å². The standard InChI is InChI=1S/C22H22Cl2N2O4S/c1-3-4-5-10-30-16-8-6-14(7-9-16)21(28)25-22-26(13-19(27)29-2)20-17(24)11-15(23)12-18(20)31-22/h6-9,11-12H,3-5,10,13H2,1-2H3. The minimum atomic E-state index is -0.482. The van der Waals surface area contributed by atoms with E-state index in [-0.39, 0.29) is 6.54 Å². The van der Waals surface area contributed by atoms with Crippen LogP contribution in [-0.2, 0) is 16.1 Å². The molecule has 0 unspecified atom stereocenters. The molecule has 1 heterocycles. The third kappa shape index (κ3) is 5.87. The number of unbranched alkanes of at least 4 members (excludes halogenated alkanes) is 2. The molecule has 0 aliphatic carbocycles. The summed E-state index contributed by atoms with van der Waals surface area (Å²) < 4.78 is 12.7. The van der Waals surface area contributed by atoms with Crippen molar-refractivity contribution in [2.24, 2.45) is 4.99 Å². The van der Waals surface area contributed by atoms with Crippen LogP contribution >= 0.6 is 34.5 Å². The number of aromatic nitrogens is 1. The Bertz CT molecular complexity index is 1150. The molecule has 3 rings (SSSR count). The lowest BCUT2D eigenvalue weighted by molar-refractivity contribution is -0.141. The van der Waals surface area contributed by atoms with Crippen LogP contribution in [0.1, 0.15) is 36.5 Å². The molecule has 6 nitrogen and oxygen atoms in total. The van der Waals surface area contributed by atoms with Crippen LogP contribution < -0.4 is 9.54 Å². The van der Waals surface area contributed by atoms with E-state index in [0.717, 1.165) is 19.3 Å². The maximum atomic E-state index is 12.8. The Morgan fingerprint density at radius 2 is 1.87 bits per heavy atom. The lowest BCUT2D eigenvalue weighted by Crippen LogP contribution is -2.22. The Kier molecular flexibility index (Phi) is 8.12. The monoisotopic (exact) mass is 480 g/mol. The lowest BCUT2D eigenvalue weighted by Gasteiger charge is -2.06. The molecule has 2 aromatic carbocycles. The van der Waals surface area contributed by atoms with Crippen molar-refractivity contribution in [3.8, 4) is 5.75 Å². The number of fused-ring (bicyclic) bond motifs is 1. The molecule has 0 spiro atoms. The molecule has 0 atom stereocenters. The number of methoxy groups -OCH3 is 1. The minimum Gasteiger partial charge on any atom is -0.494 e. The SMILES string of the molecule is CCCCCOc1ccc(C(=O)N=c2sc3cc(Cl)cc(Cl)c3n2CC(=O)OC)cc1. The maximum Gasteiger partial charge on any atom is 0.325 e. The predicted octanol–water partition coefficient (Wildman–Crippen LogP) is 5.49. The lowest BCUT2D eigenvalue weighted by atomic mass is 10.2. The van der Waals surface area contributed by atoms with Gasteiger partial charge in [-0.15, -0.1) is 0 Å². The molecule has 0 aliphatic rings. The zero-order chi connectivity index (χ0) is 22.4. The molecule has 0 radical (unpaired) electrons. The molecule has 0 bridgehead atoms. The van der Waals surface area contributed by atoms with E-state index in [1.165, 1.54) is 18.4 Å². The Hall–Kier alpha value is -2.35. The predicted molar refractivity (Wildman–Crippen MR) is 123 cm³/mol. The number of thiazole rings is 1. The summed E-state index contributed by atoms with van der Waals surface area (Å²) in [7, 11) is 1.30. The van der Waals surface area contributed by atoms with Gasteiger partial charge in [0.2, 0.25) is 0 Å². The van der Waals surface area contributed by atoms with Crippen LogP contribution in [0.4, 0.5) is 0 Å².